The van der Waals surface area contributed by atoms with E-state index in [1.165, 1.54) is 6.21 Å². The van der Waals surface area contributed by atoms with E-state index in [9.17, 15) is 24.6 Å². The summed E-state index contributed by atoms with van der Waals surface area (Å²) in [5.74, 6) is 3.65. The Morgan fingerprint density at radius 3 is 2.35 bits per heavy atom. The highest BCUT2D eigenvalue weighted by Crippen LogP contribution is 2.35. The average Bonchev–Trinajstić information content (AvgIpc) is 3.27. The summed E-state index contributed by atoms with van der Waals surface area (Å²) >= 11 is 0. The van der Waals surface area contributed by atoms with Gasteiger partial charge in [-0.25, -0.2) is 4.79 Å². The fraction of sp³-hybridized carbons (Fsp3) is 0.600. The van der Waals surface area contributed by atoms with Crippen LogP contribution in [0.3, 0.4) is 0 Å². The minimum atomic E-state index is -2.01. The number of ether oxygens (including phenoxy) is 7. The maximum atomic E-state index is 12.9. The van der Waals surface area contributed by atoms with E-state index in [2.05, 4.69) is 27.3 Å². The molecule has 1 amide bonds. The van der Waals surface area contributed by atoms with Crippen molar-refractivity contribution in [3.63, 3.8) is 0 Å². The first-order valence-electron chi connectivity index (χ1n) is 21.8. The van der Waals surface area contributed by atoms with Gasteiger partial charge in [0.15, 0.2) is 5.78 Å². The molecule has 2 aromatic carbocycles. The van der Waals surface area contributed by atoms with Crippen LogP contribution in [0.2, 0.25) is 0 Å². The Hall–Kier alpha value is -4.82. The van der Waals surface area contributed by atoms with Crippen molar-refractivity contribution in [3.8, 4) is 11.5 Å². The third-order valence-corrected chi connectivity index (χ3v) is 9.74. The Labute approximate surface area is 370 Å². The molecule has 3 rings (SSSR count). The number of Topliss-reactive ketones (excluding diaryl/α,β-unsaturated/α-hetero) is 1. The maximum absolute atomic E-state index is 12.9. The number of amidine groups is 1. The fourth-order valence-corrected chi connectivity index (χ4v) is 6.44. The number of nitrogens with two attached hydrogens (primary N) is 2. The van der Waals surface area contributed by atoms with Crippen molar-refractivity contribution >= 4 is 35.4 Å². The summed E-state index contributed by atoms with van der Waals surface area (Å²) < 4.78 is 39.8. The van der Waals surface area contributed by atoms with Crippen LogP contribution in [0.5, 0.6) is 11.5 Å². The fourth-order valence-electron chi connectivity index (χ4n) is 6.44. The van der Waals surface area contributed by atoms with Crippen LogP contribution in [0.15, 0.2) is 69.7 Å². The van der Waals surface area contributed by atoms with Crippen molar-refractivity contribution < 1.29 is 57.8 Å². The molecule has 2 aromatic rings. The van der Waals surface area contributed by atoms with Gasteiger partial charge in [0.1, 0.15) is 23.3 Å². The summed E-state index contributed by atoms with van der Waals surface area (Å²) in [5, 5.41) is 28.0. The maximum Gasteiger partial charge on any atom is 0.364 e. The van der Waals surface area contributed by atoms with Gasteiger partial charge in [0.2, 0.25) is 5.91 Å². The number of nitrogens with zero attached hydrogens (tertiary/aromatic N) is 3. The topological polar surface area (TPSA) is 257 Å². The van der Waals surface area contributed by atoms with Gasteiger partial charge in [0.25, 0.3) is 5.79 Å². The normalized spacial score (nSPS) is 18.7. The lowest BCUT2D eigenvalue weighted by atomic mass is 9.91. The number of ketones is 1. The Morgan fingerprint density at radius 1 is 0.905 bits per heavy atom. The van der Waals surface area contributed by atoms with Crippen molar-refractivity contribution in [2.24, 2.45) is 26.7 Å². The zero-order chi connectivity index (χ0) is 45.5. The number of aliphatic hydroxyl groups excluding tert-OH is 1. The SMILES string of the molecule is CCCCNC(=O)CCOCCOCCN=CC(COCCOCCO[C@]1(C(=O)O)CC[C@@H](N=C(C)N)[C@H]([C@H](O)CCCCCC(=O)c2cccc(Oc3ccccc3)c2)O1)=NN. The van der Waals surface area contributed by atoms with E-state index in [4.69, 9.17) is 44.7 Å². The van der Waals surface area contributed by atoms with E-state index in [0.717, 1.165) is 12.8 Å². The molecule has 1 saturated heterocycles. The molecule has 0 spiro atoms. The number of aliphatic hydroxyl groups is 1. The third-order valence-electron chi connectivity index (χ3n) is 9.74. The van der Waals surface area contributed by atoms with Crippen LogP contribution in [0.1, 0.15) is 88.4 Å². The molecule has 0 bridgehead atoms. The number of aliphatic imine (C=N–C) groups is 2. The lowest BCUT2D eigenvalue weighted by molar-refractivity contribution is -0.292. The molecular formula is C45H68N6O12. The number of carbonyl (C=O) groups excluding carboxylic acids is 2. The van der Waals surface area contributed by atoms with Gasteiger partial charge in [-0.3, -0.25) is 19.6 Å². The van der Waals surface area contributed by atoms with Crippen molar-refractivity contribution in [1.29, 1.82) is 0 Å². The second kappa shape index (κ2) is 31.1. The average molecular weight is 885 g/mol. The van der Waals surface area contributed by atoms with Gasteiger partial charge < -0.3 is 60.3 Å². The summed E-state index contributed by atoms with van der Waals surface area (Å²) in [7, 11) is 0. The van der Waals surface area contributed by atoms with Gasteiger partial charge in [-0.15, -0.1) is 0 Å². The van der Waals surface area contributed by atoms with Gasteiger partial charge in [0.05, 0.1) is 84.0 Å². The summed E-state index contributed by atoms with van der Waals surface area (Å²) in [6.45, 7) is 6.69. The summed E-state index contributed by atoms with van der Waals surface area (Å²) in [4.78, 5) is 45.8. The minimum absolute atomic E-state index is 0.0101. The number of aliphatic carboxylic acids is 1. The summed E-state index contributed by atoms with van der Waals surface area (Å²) in [5.41, 5.74) is 6.86. The predicted molar refractivity (Wildman–Crippen MR) is 239 cm³/mol. The lowest BCUT2D eigenvalue weighted by Crippen LogP contribution is -2.57. The molecule has 0 aromatic heterocycles. The lowest BCUT2D eigenvalue weighted by Gasteiger charge is -2.42. The second-order valence-corrected chi connectivity index (χ2v) is 14.9. The van der Waals surface area contributed by atoms with Crippen LogP contribution in [0.25, 0.3) is 0 Å². The molecule has 18 heteroatoms. The van der Waals surface area contributed by atoms with Crippen molar-refractivity contribution in [3.05, 3.63) is 60.2 Å². The van der Waals surface area contributed by atoms with Gasteiger partial charge in [0, 0.05) is 37.6 Å². The quantitative estimate of drug-likeness (QED) is 0.0163. The first-order valence-corrected chi connectivity index (χ1v) is 21.8. The molecule has 1 aliphatic rings. The summed E-state index contributed by atoms with van der Waals surface area (Å²) in [6.07, 6.45) is 4.47. The number of nitrogens with one attached hydrogen (secondary N) is 1. The van der Waals surface area contributed by atoms with E-state index < -0.39 is 30.0 Å². The van der Waals surface area contributed by atoms with Crippen molar-refractivity contribution in [2.75, 3.05) is 72.6 Å². The minimum Gasteiger partial charge on any atom is -0.477 e. The van der Waals surface area contributed by atoms with E-state index in [1.807, 2.05) is 30.3 Å². The van der Waals surface area contributed by atoms with Gasteiger partial charge in [-0.05, 0) is 56.9 Å². The molecule has 0 radical (unpaired) electrons. The van der Waals surface area contributed by atoms with Crippen LogP contribution >= 0.6 is 0 Å². The molecule has 63 heavy (non-hydrogen) atoms. The predicted octanol–water partition coefficient (Wildman–Crippen LogP) is 4.45. The first-order chi connectivity index (χ1) is 30.6. The van der Waals surface area contributed by atoms with Crippen LogP contribution in [-0.4, -0.2) is 142 Å². The highest BCUT2D eigenvalue weighted by molar-refractivity contribution is 6.31. The zero-order valence-electron chi connectivity index (χ0n) is 36.8. The molecule has 7 N–H and O–H groups in total. The monoisotopic (exact) mass is 884 g/mol. The Bertz CT molecular complexity index is 1710. The first kappa shape index (κ1) is 52.5. The smallest absolute Gasteiger partial charge is 0.364 e. The number of unbranched alkanes of at least 4 members (excludes halogenated alkanes) is 3. The highest BCUT2D eigenvalue weighted by Gasteiger charge is 2.50. The molecule has 1 fully saturated rings. The van der Waals surface area contributed by atoms with E-state index in [-0.39, 0.29) is 63.4 Å². The number of rotatable bonds is 34. The molecule has 0 unspecified atom stereocenters. The van der Waals surface area contributed by atoms with E-state index >= 15 is 0 Å². The Morgan fingerprint density at radius 2 is 1.62 bits per heavy atom. The number of carbonyl (C=O) groups is 3. The molecule has 0 aliphatic carbocycles. The second-order valence-electron chi connectivity index (χ2n) is 14.9. The van der Waals surface area contributed by atoms with E-state index in [0.29, 0.717) is 101 Å². The summed E-state index contributed by atoms with van der Waals surface area (Å²) in [6, 6.07) is 15.8. The van der Waals surface area contributed by atoms with Crippen LogP contribution in [0, 0.1) is 0 Å². The number of hydrazone groups is 1. The zero-order valence-corrected chi connectivity index (χ0v) is 36.8. The number of hydrogen-bond donors (Lipinski definition) is 5. The number of carboxylic acids is 1. The van der Waals surface area contributed by atoms with Crippen LogP contribution in [0.4, 0.5) is 0 Å². The standard InChI is InChI=1S/C45H68N6O12/c1-3-4-21-49-42(54)19-23-57-25-26-58-24-22-48-32-36(51-47)33-60-28-27-59-29-30-61-45(44(55)56)20-18-39(50-34(2)46)43(63-45)41(53)17-10-6-9-16-40(52)35-12-11-15-38(31-35)62-37-13-7-5-8-14-37/h5,7-8,11-15,31-32,39,41,43,53H,3-4,6,9-10,16-30,33,47H2,1-2H3,(H2,46,50)(H,49,54)(H,55,56)/t39-,41-,43-,45-/m1/s1. The van der Waals surface area contributed by atoms with Crippen molar-refractivity contribution in [2.45, 2.75) is 102 Å². The Balaban J connectivity index is 1.31. The molecule has 350 valence electrons. The van der Waals surface area contributed by atoms with Gasteiger partial charge in [-0.1, -0.05) is 56.5 Å². The number of benzene rings is 2. The number of carboxylic acid groups (broad SMARTS) is 1. The van der Waals surface area contributed by atoms with Crippen LogP contribution in [-0.2, 0) is 38.0 Å². The van der Waals surface area contributed by atoms with Gasteiger partial charge in [-0.2, -0.15) is 5.10 Å². The van der Waals surface area contributed by atoms with Gasteiger partial charge >= 0.3 is 5.97 Å². The largest absolute Gasteiger partial charge is 0.477 e. The Kier molecular flexibility index (Phi) is 25.9. The van der Waals surface area contributed by atoms with Crippen molar-refractivity contribution in [1.82, 2.24) is 5.32 Å². The third kappa shape index (κ3) is 21.4. The molecular weight excluding hydrogens is 817 g/mol. The number of hydrogen-bond acceptors (Lipinski definition) is 15. The molecule has 18 nitrogen and oxygen atoms in total. The van der Waals surface area contributed by atoms with E-state index in [1.54, 1.807) is 31.2 Å². The molecule has 4 atom stereocenters. The number of para-hydroxylation sites is 1. The molecule has 0 saturated carbocycles. The number of amides is 1. The molecule has 1 heterocycles. The molecule has 1 aliphatic heterocycles. The van der Waals surface area contributed by atoms with Crippen LogP contribution < -0.4 is 21.6 Å². The highest BCUT2D eigenvalue weighted by atomic mass is 16.7.